The van der Waals surface area contributed by atoms with Crippen molar-refractivity contribution in [2.45, 2.75) is 12.5 Å². The summed E-state index contributed by atoms with van der Waals surface area (Å²) in [5, 5.41) is 0. The average molecular weight is 378 g/mol. The quantitative estimate of drug-likeness (QED) is 0.304. The molecule has 0 amide bonds. The number of hydrogen-bond donors (Lipinski definition) is 0. The standard InChI is InChI=1S/C26H21OSi/c1-20-12-8-9-17-23(20)24-18-10-11-19-25(24)26(27-28,21-13-4-2-5-14-21)22-15-6-3-7-16-22/h2-19H,1H3. The van der Waals surface area contributed by atoms with Crippen LogP contribution in [-0.4, -0.2) is 10.5 Å². The van der Waals surface area contributed by atoms with E-state index in [0.29, 0.717) is 0 Å². The Hall–Kier alpha value is -2.94. The molecule has 0 spiro atoms. The first kappa shape index (κ1) is 18.4. The summed E-state index contributed by atoms with van der Waals surface area (Å²) in [7, 11) is 3.47. The summed E-state index contributed by atoms with van der Waals surface area (Å²) in [5.74, 6) is 0. The topological polar surface area (TPSA) is 9.23 Å². The van der Waals surface area contributed by atoms with E-state index in [2.05, 4.69) is 114 Å². The smallest absolute Gasteiger partial charge is 0.248 e. The Morgan fingerprint density at radius 2 is 1.04 bits per heavy atom. The van der Waals surface area contributed by atoms with E-state index in [1.165, 1.54) is 11.1 Å². The van der Waals surface area contributed by atoms with Gasteiger partial charge in [-0.05, 0) is 40.3 Å². The third-order valence-electron chi connectivity index (χ3n) is 5.26. The Bertz CT molecular complexity index is 1020. The summed E-state index contributed by atoms with van der Waals surface area (Å²) >= 11 is 0. The van der Waals surface area contributed by atoms with E-state index in [1.807, 2.05) is 12.1 Å². The van der Waals surface area contributed by atoms with Crippen LogP contribution in [-0.2, 0) is 10.0 Å². The first-order valence-electron chi connectivity index (χ1n) is 9.38. The fraction of sp³-hybridized carbons (Fsp3) is 0.0769. The molecule has 4 aromatic rings. The number of hydrogen-bond acceptors (Lipinski definition) is 1. The molecule has 0 unspecified atom stereocenters. The third kappa shape index (κ3) is 3.11. The van der Waals surface area contributed by atoms with Crippen LogP contribution < -0.4 is 0 Å². The maximum Gasteiger partial charge on any atom is 0.248 e. The Kier molecular flexibility index (Phi) is 5.24. The van der Waals surface area contributed by atoms with E-state index in [-0.39, 0.29) is 0 Å². The lowest BCUT2D eigenvalue weighted by Crippen LogP contribution is -2.32. The second-order valence-corrected chi connectivity index (χ2v) is 7.08. The van der Waals surface area contributed by atoms with Gasteiger partial charge in [-0.1, -0.05) is 109 Å². The second-order valence-electron chi connectivity index (χ2n) is 6.88. The largest absolute Gasteiger partial charge is 0.401 e. The van der Waals surface area contributed by atoms with Crippen LogP contribution in [0, 0.1) is 6.92 Å². The van der Waals surface area contributed by atoms with Gasteiger partial charge in [-0.2, -0.15) is 0 Å². The Morgan fingerprint density at radius 3 is 1.57 bits per heavy atom. The van der Waals surface area contributed by atoms with E-state index in [0.717, 1.165) is 22.3 Å². The molecule has 0 saturated heterocycles. The lowest BCUT2D eigenvalue weighted by molar-refractivity contribution is 0.174. The van der Waals surface area contributed by atoms with Gasteiger partial charge in [0.05, 0.1) is 0 Å². The molecule has 0 bridgehead atoms. The minimum atomic E-state index is -0.779. The summed E-state index contributed by atoms with van der Waals surface area (Å²) in [6.07, 6.45) is 0. The molecule has 0 N–H and O–H groups in total. The average Bonchev–Trinajstić information content (AvgIpc) is 2.77. The highest BCUT2D eigenvalue weighted by Crippen LogP contribution is 2.44. The summed E-state index contributed by atoms with van der Waals surface area (Å²) in [5.41, 5.74) is 6.05. The van der Waals surface area contributed by atoms with Crippen molar-refractivity contribution < 1.29 is 4.43 Å². The van der Waals surface area contributed by atoms with E-state index >= 15 is 0 Å². The van der Waals surface area contributed by atoms with Crippen LogP contribution in [0.3, 0.4) is 0 Å². The minimum Gasteiger partial charge on any atom is -0.401 e. The van der Waals surface area contributed by atoms with E-state index < -0.39 is 5.60 Å². The first-order valence-corrected chi connectivity index (χ1v) is 9.79. The fourth-order valence-electron chi connectivity index (χ4n) is 3.90. The van der Waals surface area contributed by atoms with Crippen molar-refractivity contribution in [2.24, 2.45) is 0 Å². The van der Waals surface area contributed by atoms with E-state index in [4.69, 9.17) is 4.43 Å². The van der Waals surface area contributed by atoms with Gasteiger partial charge in [0, 0.05) is 0 Å². The van der Waals surface area contributed by atoms with Crippen LogP contribution >= 0.6 is 0 Å². The number of rotatable bonds is 5. The van der Waals surface area contributed by atoms with Gasteiger partial charge in [-0.25, -0.2) is 0 Å². The van der Waals surface area contributed by atoms with Crippen molar-refractivity contribution in [1.82, 2.24) is 0 Å². The van der Waals surface area contributed by atoms with Crippen molar-refractivity contribution in [1.29, 1.82) is 0 Å². The molecular weight excluding hydrogens is 356 g/mol. The predicted octanol–water partition coefficient (Wildman–Crippen LogP) is 6.05. The molecule has 3 radical (unpaired) electrons. The first-order chi connectivity index (χ1) is 13.8. The zero-order chi connectivity index (χ0) is 19.4. The summed E-state index contributed by atoms with van der Waals surface area (Å²) in [6, 6.07) is 37.7. The summed E-state index contributed by atoms with van der Waals surface area (Å²) < 4.78 is 6.20. The highest BCUT2D eigenvalue weighted by molar-refractivity contribution is 5.99. The van der Waals surface area contributed by atoms with Gasteiger partial charge in [-0.3, -0.25) is 0 Å². The molecule has 4 rings (SSSR count). The van der Waals surface area contributed by atoms with Gasteiger partial charge < -0.3 is 4.43 Å². The maximum atomic E-state index is 6.20. The van der Waals surface area contributed by atoms with E-state index in [9.17, 15) is 0 Å². The van der Waals surface area contributed by atoms with Crippen molar-refractivity contribution >= 4 is 10.5 Å². The molecular formula is C26H21OSi. The fourth-order valence-corrected chi connectivity index (χ4v) is 4.24. The third-order valence-corrected chi connectivity index (χ3v) is 5.56. The monoisotopic (exact) mass is 377 g/mol. The Morgan fingerprint density at radius 1 is 0.571 bits per heavy atom. The minimum absolute atomic E-state index is 0.779. The molecule has 0 fully saturated rings. The highest BCUT2D eigenvalue weighted by Gasteiger charge is 2.38. The zero-order valence-corrected chi connectivity index (χ0v) is 16.8. The molecule has 0 atom stereocenters. The summed E-state index contributed by atoms with van der Waals surface area (Å²) in [4.78, 5) is 0. The van der Waals surface area contributed by atoms with Crippen LogP contribution in [0.25, 0.3) is 11.1 Å². The van der Waals surface area contributed by atoms with Gasteiger partial charge in [0.2, 0.25) is 10.5 Å². The molecule has 0 aliphatic rings. The van der Waals surface area contributed by atoms with Gasteiger partial charge in [0.1, 0.15) is 5.60 Å². The lowest BCUT2D eigenvalue weighted by Gasteiger charge is -2.36. The van der Waals surface area contributed by atoms with Gasteiger partial charge in [0.15, 0.2) is 0 Å². The van der Waals surface area contributed by atoms with Crippen LogP contribution in [0.4, 0.5) is 0 Å². The Labute approximate surface area is 170 Å². The van der Waals surface area contributed by atoms with Crippen molar-refractivity contribution in [3.8, 4) is 11.1 Å². The molecule has 0 saturated carbocycles. The van der Waals surface area contributed by atoms with Crippen LogP contribution in [0.2, 0.25) is 0 Å². The molecule has 0 aliphatic carbocycles. The SMILES string of the molecule is Cc1ccccc1-c1ccccc1C(O[Si])(c1ccccc1)c1ccccc1. The van der Waals surface area contributed by atoms with Crippen molar-refractivity contribution in [3.63, 3.8) is 0 Å². The van der Waals surface area contributed by atoms with Gasteiger partial charge >= 0.3 is 0 Å². The lowest BCUT2D eigenvalue weighted by atomic mass is 9.77. The molecule has 0 heterocycles. The molecule has 135 valence electrons. The maximum absolute atomic E-state index is 6.20. The summed E-state index contributed by atoms with van der Waals surface area (Å²) in [6.45, 7) is 2.15. The van der Waals surface area contributed by atoms with Crippen LogP contribution in [0.5, 0.6) is 0 Å². The molecule has 0 aliphatic heterocycles. The zero-order valence-electron chi connectivity index (χ0n) is 15.8. The molecule has 28 heavy (non-hydrogen) atoms. The molecule has 0 aromatic heterocycles. The second kappa shape index (κ2) is 7.97. The van der Waals surface area contributed by atoms with E-state index in [1.54, 1.807) is 0 Å². The highest BCUT2D eigenvalue weighted by atomic mass is 28.2. The van der Waals surface area contributed by atoms with Crippen molar-refractivity contribution in [2.75, 3.05) is 0 Å². The van der Waals surface area contributed by atoms with Gasteiger partial charge in [-0.15, -0.1) is 0 Å². The Balaban J connectivity index is 2.07. The van der Waals surface area contributed by atoms with Crippen molar-refractivity contribution in [3.05, 3.63) is 131 Å². The number of benzene rings is 4. The normalized spacial score (nSPS) is 11.4. The van der Waals surface area contributed by atoms with Gasteiger partial charge in [0.25, 0.3) is 0 Å². The molecule has 2 heteroatoms. The van der Waals surface area contributed by atoms with Crippen LogP contribution in [0.1, 0.15) is 22.3 Å². The molecule has 4 aromatic carbocycles. The molecule has 1 nitrogen and oxygen atoms in total. The predicted molar refractivity (Wildman–Crippen MR) is 116 cm³/mol. The van der Waals surface area contributed by atoms with Crippen LogP contribution in [0.15, 0.2) is 109 Å². The number of aryl methyl sites for hydroxylation is 1.